The van der Waals surface area contributed by atoms with Gasteiger partial charge in [-0.1, -0.05) is 6.07 Å². The van der Waals surface area contributed by atoms with Crippen LogP contribution in [0.2, 0.25) is 0 Å². The van der Waals surface area contributed by atoms with Crippen LogP contribution in [0.4, 0.5) is 14.5 Å². The molecular formula is C15H13F2NO5. The summed E-state index contributed by atoms with van der Waals surface area (Å²) in [5, 5.41) is 20.6. The average molecular weight is 325 g/mol. The number of ether oxygens (including phenoxy) is 2. The number of nitro groups is 1. The second-order valence-corrected chi connectivity index (χ2v) is 4.55. The van der Waals surface area contributed by atoms with Crippen molar-refractivity contribution in [3.63, 3.8) is 0 Å². The van der Waals surface area contributed by atoms with E-state index in [2.05, 4.69) is 0 Å². The summed E-state index contributed by atoms with van der Waals surface area (Å²) in [6.45, 7) is -0.452. The molecule has 0 aliphatic rings. The van der Waals surface area contributed by atoms with Gasteiger partial charge in [0.2, 0.25) is 0 Å². The van der Waals surface area contributed by atoms with E-state index in [-0.39, 0.29) is 17.2 Å². The van der Waals surface area contributed by atoms with Crippen LogP contribution in [0.1, 0.15) is 11.7 Å². The first-order valence-electron chi connectivity index (χ1n) is 6.51. The van der Waals surface area contributed by atoms with Gasteiger partial charge in [-0.05, 0) is 18.2 Å². The number of non-ortho nitro benzene ring substituents is 1. The lowest BCUT2D eigenvalue weighted by Crippen LogP contribution is -2.13. The number of hydrogen-bond acceptors (Lipinski definition) is 5. The van der Waals surface area contributed by atoms with Gasteiger partial charge in [0.05, 0.1) is 23.7 Å². The van der Waals surface area contributed by atoms with Crippen LogP contribution >= 0.6 is 0 Å². The zero-order valence-electron chi connectivity index (χ0n) is 12.0. The molecule has 0 spiro atoms. The molecule has 2 aromatic rings. The van der Waals surface area contributed by atoms with Crippen molar-refractivity contribution in [3.8, 4) is 11.5 Å². The fourth-order valence-corrected chi connectivity index (χ4v) is 1.97. The summed E-state index contributed by atoms with van der Waals surface area (Å²) in [6.07, 6.45) is -1.55. The molecule has 0 aliphatic carbocycles. The maximum absolute atomic E-state index is 13.6. The van der Waals surface area contributed by atoms with Crippen molar-refractivity contribution in [1.29, 1.82) is 0 Å². The molecule has 2 rings (SSSR count). The van der Waals surface area contributed by atoms with Gasteiger partial charge in [-0.2, -0.15) is 0 Å². The van der Waals surface area contributed by atoms with E-state index in [0.29, 0.717) is 0 Å². The third-order valence-electron chi connectivity index (χ3n) is 3.09. The first-order valence-corrected chi connectivity index (χ1v) is 6.51. The molecule has 1 unspecified atom stereocenters. The van der Waals surface area contributed by atoms with Crippen LogP contribution in [0.5, 0.6) is 11.5 Å². The molecule has 1 atom stereocenters. The lowest BCUT2D eigenvalue weighted by atomic mass is 10.1. The van der Waals surface area contributed by atoms with Crippen molar-refractivity contribution in [2.24, 2.45) is 0 Å². The van der Waals surface area contributed by atoms with Gasteiger partial charge in [0.25, 0.3) is 5.69 Å². The van der Waals surface area contributed by atoms with E-state index >= 15 is 0 Å². The monoisotopic (exact) mass is 325 g/mol. The van der Waals surface area contributed by atoms with E-state index in [4.69, 9.17) is 9.47 Å². The van der Waals surface area contributed by atoms with Crippen molar-refractivity contribution < 1.29 is 28.3 Å². The molecule has 2 aromatic carbocycles. The van der Waals surface area contributed by atoms with Gasteiger partial charge in [-0.25, -0.2) is 8.78 Å². The molecule has 8 heteroatoms. The van der Waals surface area contributed by atoms with Crippen molar-refractivity contribution in [2.75, 3.05) is 13.7 Å². The number of aliphatic hydroxyl groups is 1. The summed E-state index contributed by atoms with van der Waals surface area (Å²) in [5.74, 6) is -1.61. The Labute approximate surface area is 130 Å². The van der Waals surface area contributed by atoms with Crippen LogP contribution in [0, 0.1) is 21.7 Å². The van der Waals surface area contributed by atoms with Crippen LogP contribution in [-0.2, 0) is 0 Å². The number of benzene rings is 2. The largest absolute Gasteiger partial charge is 0.493 e. The summed E-state index contributed by atoms with van der Waals surface area (Å²) < 4.78 is 37.3. The number of hydrogen-bond donors (Lipinski definition) is 1. The topological polar surface area (TPSA) is 81.8 Å². The fraction of sp³-hybridized carbons (Fsp3) is 0.200. The standard InChI is InChI=1S/C15H13F2NO5/c1-22-14-7-9(18(20)21)5-6-13(14)23-8-12(19)15-10(16)3-2-4-11(15)17/h2-7,12,19H,8H2,1H3. The number of methoxy groups -OCH3 is 1. The molecule has 122 valence electrons. The van der Waals surface area contributed by atoms with E-state index in [9.17, 15) is 24.0 Å². The Morgan fingerprint density at radius 2 is 1.87 bits per heavy atom. The summed E-state index contributed by atoms with van der Waals surface area (Å²) in [5.41, 5.74) is -0.705. The third-order valence-corrected chi connectivity index (χ3v) is 3.09. The lowest BCUT2D eigenvalue weighted by Gasteiger charge is -2.15. The van der Waals surface area contributed by atoms with Crippen LogP contribution in [0.15, 0.2) is 36.4 Å². The van der Waals surface area contributed by atoms with Gasteiger partial charge < -0.3 is 14.6 Å². The first-order chi connectivity index (χ1) is 10.9. The van der Waals surface area contributed by atoms with Crippen LogP contribution in [0.25, 0.3) is 0 Å². The first kappa shape index (κ1) is 16.6. The zero-order chi connectivity index (χ0) is 17.0. The Bertz CT molecular complexity index is 703. The summed E-state index contributed by atoms with van der Waals surface area (Å²) in [6, 6.07) is 6.84. The van der Waals surface area contributed by atoms with Crippen molar-refractivity contribution in [3.05, 3.63) is 63.7 Å². The van der Waals surface area contributed by atoms with Gasteiger partial charge in [-0.3, -0.25) is 10.1 Å². The second-order valence-electron chi connectivity index (χ2n) is 4.55. The lowest BCUT2D eigenvalue weighted by molar-refractivity contribution is -0.385. The predicted octanol–water partition coefficient (Wildman–Crippen LogP) is 2.99. The average Bonchev–Trinajstić information content (AvgIpc) is 2.52. The van der Waals surface area contributed by atoms with Crippen molar-refractivity contribution >= 4 is 5.69 Å². The smallest absolute Gasteiger partial charge is 0.273 e. The molecule has 23 heavy (non-hydrogen) atoms. The number of nitrogens with zero attached hydrogens (tertiary/aromatic N) is 1. The molecule has 0 radical (unpaired) electrons. The van der Waals surface area contributed by atoms with E-state index < -0.39 is 34.8 Å². The molecule has 0 fully saturated rings. The highest BCUT2D eigenvalue weighted by Crippen LogP contribution is 2.32. The molecular weight excluding hydrogens is 312 g/mol. The van der Waals surface area contributed by atoms with Gasteiger partial charge in [0.15, 0.2) is 11.5 Å². The number of halogens is 2. The normalized spacial score (nSPS) is 11.8. The highest BCUT2D eigenvalue weighted by molar-refractivity contribution is 5.48. The molecule has 0 amide bonds. The minimum atomic E-state index is -1.55. The molecule has 6 nitrogen and oxygen atoms in total. The molecule has 1 N–H and O–H groups in total. The third kappa shape index (κ3) is 3.72. The Kier molecular flexibility index (Phi) is 5.07. The van der Waals surface area contributed by atoms with Crippen molar-refractivity contribution in [1.82, 2.24) is 0 Å². The Hall–Kier alpha value is -2.74. The molecule has 0 aliphatic heterocycles. The van der Waals surface area contributed by atoms with E-state index in [1.165, 1.54) is 25.3 Å². The Balaban J connectivity index is 2.16. The summed E-state index contributed by atoms with van der Waals surface area (Å²) in [7, 11) is 1.29. The van der Waals surface area contributed by atoms with E-state index in [0.717, 1.165) is 18.2 Å². The van der Waals surface area contributed by atoms with Crippen molar-refractivity contribution in [2.45, 2.75) is 6.10 Å². The van der Waals surface area contributed by atoms with Crippen LogP contribution in [0.3, 0.4) is 0 Å². The number of aliphatic hydroxyl groups excluding tert-OH is 1. The Morgan fingerprint density at radius 1 is 1.22 bits per heavy atom. The molecule has 0 saturated heterocycles. The molecule has 0 aromatic heterocycles. The maximum atomic E-state index is 13.6. The SMILES string of the molecule is COc1cc([N+](=O)[O-])ccc1OCC(O)c1c(F)cccc1F. The maximum Gasteiger partial charge on any atom is 0.273 e. The summed E-state index contributed by atoms with van der Waals surface area (Å²) >= 11 is 0. The minimum Gasteiger partial charge on any atom is -0.493 e. The van der Waals surface area contributed by atoms with Gasteiger partial charge in [0.1, 0.15) is 24.3 Å². The van der Waals surface area contributed by atoms with Gasteiger partial charge in [0, 0.05) is 6.07 Å². The molecule has 0 saturated carbocycles. The summed E-state index contributed by atoms with van der Waals surface area (Å²) in [4.78, 5) is 10.1. The quantitative estimate of drug-likeness (QED) is 0.652. The molecule has 0 bridgehead atoms. The Morgan fingerprint density at radius 3 is 2.43 bits per heavy atom. The molecule has 0 heterocycles. The van der Waals surface area contributed by atoms with Crippen LogP contribution in [-0.4, -0.2) is 23.7 Å². The predicted molar refractivity (Wildman–Crippen MR) is 76.5 cm³/mol. The van der Waals surface area contributed by atoms with Gasteiger partial charge in [-0.15, -0.1) is 0 Å². The van der Waals surface area contributed by atoms with Gasteiger partial charge >= 0.3 is 0 Å². The fourth-order valence-electron chi connectivity index (χ4n) is 1.97. The van der Waals surface area contributed by atoms with E-state index in [1.54, 1.807) is 0 Å². The highest BCUT2D eigenvalue weighted by atomic mass is 19.1. The number of nitro benzene ring substituents is 1. The second kappa shape index (κ2) is 7.01. The van der Waals surface area contributed by atoms with Crippen LogP contribution < -0.4 is 9.47 Å². The number of rotatable bonds is 6. The minimum absolute atomic E-state index is 0.0698. The highest BCUT2D eigenvalue weighted by Gasteiger charge is 2.20. The zero-order valence-corrected chi connectivity index (χ0v) is 12.0. The van der Waals surface area contributed by atoms with E-state index in [1.807, 2.05) is 0 Å².